The van der Waals surface area contributed by atoms with Gasteiger partial charge in [0.1, 0.15) is 5.75 Å². The minimum absolute atomic E-state index is 0.0608. The van der Waals surface area contributed by atoms with E-state index in [1.807, 2.05) is 41.3 Å². The minimum Gasteiger partial charge on any atom is -0.496 e. The zero-order chi connectivity index (χ0) is 27.6. The standard InChI is InChI=1S/C33H31NO6/c1-20(22-8-5-7-11-26(22)37-2)30(35)34-17-29-32(21-12-13-27-28(16-21)40-19-39-27)15-14-25(23-9-4-6-10-24(23)32)33(29,18-34)31(36)38-3/h4-13,16,25,29H,1,14-15,17-19H2,2-3H3. The summed E-state index contributed by atoms with van der Waals surface area (Å²) in [5.74, 6) is 1.28. The van der Waals surface area contributed by atoms with E-state index in [-0.39, 0.29) is 37.0 Å². The number of benzene rings is 3. The molecule has 3 aliphatic carbocycles. The van der Waals surface area contributed by atoms with Crippen LogP contribution in [0.15, 0.2) is 73.3 Å². The Morgan fingerprint density at radius 2 is 1.77 bits per heavy atom. The normalized spacial score (nSPS) is 27.1. The summed E-state index contributed by atoms with van der Waals surface area (Å²) in [7, 11) is 3.03. The van der Waals surface area contributed by atoms with E-state index in [1.54, 1.807) is 7.11 Å². The van der Waals surface area contributed by atoms with Crippen LogP contribution >= 0.6 is 0 Å². The number of amides is 1. The average Bonchev–Trinajstić information content (AvgIpc) is 3.66. The lowest BCUT2D eigenvalue weighted by atomic mass is 9.42. The quantitative estimate of drug-likeness (QED) is 0.339. The van der Waals surface area contributed by atoms with Crippen LogP contribution in [0.2, 0.25) is 0 Å². The van der Waals surface area contributed by atoms with Gasteiger partial charge in [-0.1, -0.05) is 55.1 Å². The second-order valence-electron chi connectivity index (χ2n) is 11.2. The minimum atomic E-state index is -0.894. The van der Waals surface area contributed by atoms with Crippen molar-refractivity contribution < 1.29 is 28.5 Å². The second kappa shape index (κ2) is 8.88. The van der Waals surface area contributed by atoms with E-state index in [9.17, 15) is 9.59 Å². The molecule has 0 aromatic heterocycles. The SMILES string of the molecule is C=C(C(=O)N1CC2C3(c4ccc5c(c4)OCO5)CCC(c4ccccc43)C2(C(=O)OC)C1)c1ccccc1OC. The molecule has 2 heterocycles. The topological polar surface area (TPSA) is 74.3 Å². The van der Waals surface area contributed by atoms with Crippen molar-refractivity contribution in [3.8, 4) is 17.2 Å². The number of nitrogens with zero attached hydrogens (tertiary/aromatic N) is 1. The summed E-state index contributed by atoms with van der Waals surface area (Å²) in [5, 5.41) is 0. The van der Waals surface area contributed by atoms with E-state index < -0.39 is 10.8 Å². The van der Waals surface area contributed by atoms with E-state index in [0.717, 1.165) is 24.0 Å². The molecule has 1 amide bonds. The number of esters is 1. The van der Waals surface area contributed by atoms with Gasteiger partial charge in [0.05, 0.1) is 19.6 Å². The Labute approximate surface area is 233 Å². The summed E-state index contributed by atoms with van der Waals surface area (Å²) in [5.41, 5.74) is 3.03. The monoisotopic (exact) mass is 537 g/mol. The van der Waals surface area contributed by atoms with Gasteiger partial charge in [-0.15, -0.1) is 0 Å². The van der Waals surface area contributed by atoms with E-state index >= 15 is 0 Å². The highest BCUT2D eigenvalue weighted by Gasteiger charge is 2.71. The molecule has 2 aliphatic heterocycles. The fourth-order valence-electron chi connectivity index (χ4n) is 8.16. The van der Waals surface area contributed by atoms with Gasteiger partial charge in [0.2, 0.25) is 6.79 Å². The number of methoxy groups -OCH3 is 2. The fourth-order valence-corrected chi connectivity index (χ4v) is 8.16. The average molecular weight is 538 g/mol. The number of rotatable bonds is 5. The van der Waals surface area contributed by atoms with E-state index in [0.29, 0.717) is 34.9 Å². The van der Waals surface area contributed by atoms with Crippen molar-refractivity contribution >= 4 is 17.4 Å². The van der Waals surface area contributed by atoms with Gasteiger partial charge in [0.25, 0.3) is 5.91 Å². The largest absolute Gasteiger partial charge is 0.496 e. The second-order valence-corrected chi connectivity index (χ2v) is 11.2. The van der Waals surface area contributed by atoms with Crippen LogP contribution in [0.4, 0.5) is 0 Å². The van der Waals surface area contributed by atoms with Crippen LogP contribution < -0.4 is 14.2 Å². The first-order chi connectivity index (χ1) is 19.5. The lowest BCUT2D eigenvalue weighted by Crippen LogP contribution is -2.60. The first kappa shape index (κ1) is 24.8. The van der Waals surface area contributed by atoms with Gasteiger partial charge in [-0.2, -0.15) is 0 Å². The Bertz CT molecular complexity index is 1560. The van der Waals surface area contributed by atoms with Crippen LogP contribution in [0.1, 0.15) is 41.0 Å². The first-order valence-electron chi connectivity index (χ1n) is 13.6. The highest BCUT2D eigenvalue weighted by molar-refractivity contribution is 6.19. The number of carbonyl (C=O) groups is 2. The highest BCUT2D eigenvalue weighted by Crippen LogP contribution is 2.69. The molecule has 2 bridgehead atoms. The molecule has 1 saturated heterocycles. The molecular weight excluding hydrogens is 506 g/mol. The molecule has 0 N–H and O–H groups in total. The van der Waals surface area contributed by atoms with Gasteiger partial charge in [0.15, 0.2) is 11.5 Å². The number of fused-ring (bicyclic) bond motifs is 2. The molecule has 4 atom stereocenters. The molecule has 1 saturated carbocycles. The fraction of sp³-hybridized carbons (Fsp3) is 0.333. The maximum Gasteiger partial charge on any atom is 0.314 e. The van der Waals surface area contributed by atoms with E-state index in [4.69, 9.17) is 18.9 Å². The van der Waals surface area contributed by atoms with Crippen LogP contribution in [0.5, 0.6) is 17.2 Å². The Hall–Kier alpha value is -4.26. The predicted octanol–water partition coefficient (Wildman–Crippen LogP) is 4.93. The van der Waals surface area contributed by atoms with Gasteiger partial charge in [0, 0.05) is 41.5 Å². The maximum atomic E-state index is 14.1. The summed E-state index contributed by atoms with van der Waals surface area (Å²) >= 11 is 0. The molecule has 204 valence electrons. The number of likely N-dealkylation sites (tertiary alicyclic amines) is 1. The van der Waals surface area contributed by atoms with Crippen molar-refractivity contribution in [3.63, 3.8) is 0 Å². The van der Waals surface area contributed by atoms with Crippen molar-refractivity contribution in [1.82, 2.24) is 4.90 Å². The molecule has 40 heavy (non-hydrogen) atoms. The third kappa shape index (κ3) is 3.12. The van der Waals surface area contributed by atoms with Gasteiger partial charge in [-0.25, -0.2) is 0 Å². The summed E-state index contributed by atoms with van der Waals surface area (Å²) in [4.78, 5) is 29.9. The number of hydrogen-bond acceptors (Lipinski definition) is 6. The number of para-hydroxylation sites is 1. The highest BCUT2D eigenvalue weighted by atomic mass is 16.7. The number of carbonyl (C=O) groups excluding carboxylic acids is 2. The van der Waals surface area contributed by atoms with Gasteiger partial charge < -0.3 is 23.8 Å². The molecule has 3 aromatic carbocycles. The summed E-state index contributed by atoms with van der Waals surface area (Å²) in [6.07, 6.45) is 1.67. The van der Waals surface area contributed by atoms with Gasteiger partial charge >= 0.3 is 5.97 Å². The van der Waals surface area contributed by atoms with E-state index in [1.165, 1.54) is 12.7 Å². The Kier molecular flexibility index (Phi) is 5.50. The van der Waals surface area contributed by atoms with E-state index in [2.05, 4.69) is 36.9 Å². The summed E-state index contributed by atoms with van der Waals surface area (Å²) < 4.78 is 22.5. The van der Waals surface area contributed by atoms with Gasteiger partial charge in [-0.3, -0.25) is 9.59 Å². The molecule has 8 rings (SSSR count). The van der Waals surface area contributed by atoms with Crippen molar-refractivity contribution in [2.45, 2.75) is 24.2 Å². The predicted molar refractivity (Wildman–Crippen MR) is 148 cm³/mol. The summed E-state index contributed by atoms with van der Waals surface area (Å²) in [6, 6.07) is 21.9. The third-order valence-electron chi connectivity index (χ3n) is 9.77. The lowest BCUT2D eigenvalue weighted by Gasteiger charge is -2.59. The van der Waals surface area contributed by atoms with Crippen molar-refractivity contribution in [3.05, 3.63) is 95.6 Å². The molecule has 3 aromatic rings. The number of ether oxygens (including phenoxy) is 4. The zero-order valence-electron chi connectivity index (χ0n) is 22.6. The van der Waals surface area contributed by atoms with Crippen molar-refractivity contribution in [2.75, 3.05) is 34.1 Å². The van der Waals surface area contributed by atoms with Crippen molar-refractivity contribution in [2.24, 2.45) is 11.3 Å². The third-order valence-corrected chi connectivity index (χ3v) is 9.77. The molecule has 0 radical (unpaired) electrons. The van der Waals surface area contributed by atoms with Crippen LogP contribution in [-0.2, 0) is 19.7 Å². The molecule has 5 aliphatic rings. The molecule has 0 spiro atoms. The molecule has 4 unspecified atom stereocenters. The van der Waals surface area contributed by atoms with Crippen LogP contribution in [-0.4, -0.2) is 50.9 Å². The lowest BCUT2D eigenvalue weighted by molar-refractivity contribution is -0.161. The Balaban J connectivity index is 1.39. The molecule has 2 fully saturated rings. The molecule has 7 heteroatoms. The van der Waals surface area contributed by atoms with Crippen LogP contribution in [0, 0.1) is 11.3 Å². The maximum absolute atomic E-state index is 14.1. The Morgan fingerprint density at radius 3 is 2.60 bits per heavy atom. The zero-order valence-corrected chi connectivity index (χ0v) is 22.6. The molecule has 7 nitrogen and oxygen atoms in total. The Morgan fingerprint density at radius 1 is 1.00 bits per heavy atom. The van der Waals surface area contributed by atoms with Crippen LogP contribution in [0.3, 0.4) is 0 Å². The summed E-state index contributed by atoms with van der Waals surface area (Å²) in [6.45, 7) is 5.03. The van der Waals surface area contributed by atoms with Gasteiger partial charge in [-0.05, 0) is 47.7 Å². The van der Waals surface area contributed by atoms with Crippen LogP contribution in [0.25, 0.3) is 5.57 Å². The number of hydrogen-bond donors (Lipinski definition) is 0. The van der Waals surface area contributed by atoms with Crippen molar-refractivity contribution in [1.29, 1.82) is 0 Å². The molecular formula is C33H31NO6. The first-order valence-corrected chi connectivity index (χ1v) is 13.6. The smallest absolute Gasteiger partial charge is 0.314 e.